The zero-order valence-corrected chi connectivity index (χ0v) is 14.1. The van der Waals surface area contributed by atoms with Crippen LogP contribution in [0.15, 0.2) is 42.5 Å². The van der Waals surface area contributed by atoms with E-state index in [0.717, 1.165) is 24.8 Å². The minimum atomic E-state index is 0.132. The van der Waals surface area contributed by atoms with Crippen LogP contribution in [-0.4, -0.2) is 10.2 Å². The van der Waals surface area contributed by atoms with E-state index in [4.69, 9.17) is 0 Å². The summed E-state index contributed by atoms with van der Waals surface area (Å²) >= 11 is 0. The zero-order chi connectivity index (χ0) is 16.5. The Labute approximate surface area is 139 Å². The molecule has 124 valence electrons. The van der Waals surface area contributed by atoms with Crippen LogP contribution in [0.2, 0.25) is 0 Å². The summed E-state index contributed by atoms with van der Waals surface area (Å²) in [5.41, 5.74) is 3.77. The summed E-state index contributed by atoms with van der Waals surface area (Å²) in [5, 5.41) is 19.0. The first-order valence-corrected chi connectivity index (χ1v) is 8.77. The Morgan fingerprint density at radius 2 is 1.13 bits per heavy atom. The van der Waals surface area contributed by atoms with E-state index < -0.39 is 0 Å². The molecule has 2 N–H and O–H groups in total. The Hall–Kier alpha value is -1.96. The highest BCUT2D eigenvalue weighted by Gasteiger charge is 2.01. The standard InChI is InChI=1S/C21H28O2/c1-2-3-4-5-7-17-10-12-18(13-11-17)8-6-9-19-14-20(22)16-21(23)15-19/h10-16,22-23H,2-9H2,1H3. The van der Waals surface area contributed by atoms with Crippen molar-refractivity contribution in [3.63, 3.8) is 0 Å². The lowest BCUT2D eigenvalue weighted by Gasteiger charge is -2.06. The molecule has 0 atom stereocenters. The molecule has 0 aliphatic heterocycles. The summed E-state index contributed by atoms with van der Waals surface area (Å²) < 4.78 is 0. The molecule has 23 heavy (non-hydrogen) atoms. The summed E-state index contributed by atoms with van der Waals surface area (Å²) in [4.78, 5) is 0. The molecule has 0 aliphatic rings. The minimum absolute atomic E-state index is 0.132. The van der Waals surface area contributed by atoms with Crippen LogP contribution in [0.25, 0.3) is 0 Å². The molecule has 0 heterocycles. The normalized spacial score (nSPS) is 10.8. The first-order chi connectivity index (χ1) is 11.2. The summed E-state index contributed by atoms with van der Waals surface area (Å²) in [7, 11) is 0. The number of rotatable bonds is 9. The van der Waals surface area contributed by atoms with Crippen molar-refractivity contribution in [1.29, 1.82) is 0 Å². The van der Waals surface area contributed by atoms with E-state index in [0.29, 0.717) is 0 Å². The molecule has 0 radical (unpaired) electrons. The third kappa shape index (κ3) is 6.35. The van der Waals surface area contributed by atoms with E-state index in [2.05, 4.69) is 31.2 Å². The highest BCUT2D eigenvalue weighted by molar-refractivity contribution is 5.36. The molecule has 0 fully saturated rings. The van der Waals surface area contributed by atoms with Gasteiger partial charge >= 0.3 is 0 Å². The summed E-state index contributed by atoms with van der Waals surface area (Å²) in [6.45, 7) is 2.24. The largest absolute Gasteiger partial charge is 0.508 e. The third-order valence-corrected chi connectivity index (χ3v) is 4.24. The van der Waals surface area contributed by atoms with Gasteiger partial charge in [0.1, 0.15) is 11.5 Å². The lowest BCUT2D eigenvalue weighted by molar-refractivity contribution is 0.449. The summed E-state index contributed by atoms with van der Waals surface area (Å²) in [5.74, 6) is 0.264. The predicted molar refractivity (Wildman–Crippen MR) is 96.1 cm³/mol. The van der Waals surface area contributed by atoms with Crippen LogP contribution in [0.5, 0.6) is 11.5 Å². The van der Waals surface area contributed by atoms with Crippen molar-refractivity contribution in [1.82, 2.24) is 0 Å². The Bertz CT molecular complexity index is 567. The van der Waals surface area contributed by atoms with Crippen LogP contribution in [0.1, 0.15) is 55.7 Å². The molecule has 2 heteroatoms. The highest BCUT2D eigenvalue weighted by atomic mass is 16.3. The molecule has 0 saturated carbocycles. The molecular formula is C21H28O2. The van der Waals surface area contributed by atoms with Gasteiger partial charge in [0.2, 0.25) is 0 Å². The van der Waals surface area contributed by atoms with Crippen molar-refractivity contribution in [2.24, 2.45) is 0 Å². The molecule has 0 bridgehead atoms. The van der Waals surface area contributed by atoms with E-state index in [-0.39, 0.29) is 11.5 Å². The molecule has 2 rings (SSSR count). The van der Waals surface area contributed by atoms with Crippen LogP contribution in [0, 0.1) is 0 Å². The second-order valence-electron chi connectivity index (χ2n) is 6.34. The zero-order valence-electron chi connectivity index (χ0n) is 14.1. The molecule has 0 aromatic heterocycles. The number of unbranched alkanes of at least 4 members (excludes halogenated alkanes) is 3. The maximum atomic E-state index is 9.49. The molecule has 0 saturated heterocycles. The van der Waals surface area contributed by atoms with Gasteiger partial charge in [-0.25, -0.2) is 0 Å². The van der Waals surface area contributed by atoms with E-state index in [1.165, 1.54) is 49.3 Å². The second kappa shape index (κ2) is 9.24. The van der Waals surface area contributed by atoms with Gasteiger partial charge in [0.25, 0.3) is 0 Å². The fourth-order valence-corrected chi connectivity index (χ4v) is 2.93. The molecule has 2 aromatic carbocycles. The van der Waals surface area contributed by atoms with Crippen molar-refractivity contribution in [2.45, 2.75) is 58.3 Å². The van der Waals surface area contributed by atoms with E-state index >= 15 is 0 Å². The number of aryl methyl sites for hydroxylation is 3. The number of hydrogen-bond acceptors (Lipinski definition) is 2. The molecule has 0 aliphatic carbocycles. The quantitative estimate of drug-likeness (QED) is 0.609. The van der Waals surface area contributed by atoms with Crippen LogP contribution in [-0.2, 0) is 19.3 Å². The molecule has 2 aromatic rings. The lowest BCUT2D eigenvalue weighted by atomic mass is 10.0. The van der Waals surface area contributed by atoms with E-state index in [1.807, 2.05) is 0 Å². The first kappa shape index (κ1) is 17.4. The number of phenolic OH excluding ortho intramolecular Hbond substituents is 2. The fourth-order valence-electron chi connectivity index (χ4n) is 2.93. The molecule has 0 unspecified atom stereocenters. The predicted octanol–water partition coefficient (Wildman–Crippen LogP) is 5.40. The minimum Gasteiger partial charge on any atom is -0.508 e. The van der Waals surface area contributed by atoms with Crippen LogP contribution >= 0.6 is 0 Å². The van der Waals surface area contributed by atoms with Crippen molar-refractivity contribution < 1.29 is 10.2 Å². The summed E-state index contributed by atoms with van der Waals surface area (Å²) in [6, 6.07) is 13.8. The first-order valence-electron chi connectivity index (χ1n) is 8.77. The van der Waals surface area contributed by atoms with Crippen molar-refractivity contribution in [3.05, 3.63) is 59.2 Å². The monoisotopic (exact) mass is 312 g/mol. The van der Waals surface area contributed by atoms with Crippen LogP contribution in [0.3, 0.4) is 0 Å². The van der Waals surface area contributed by atoms with Crippen molar-refractivity contribution in [3.8, 4) is 11.5 Å². The number of benzene rings is 2. The van der Waals surface area contributed by atoms with Gasteiger partial charge in [0.05, 0.1) is 0 Å². The van der Waals surface area contributed by atoms with Gasteiger partial charge in [-0.15, -0.1) is 0 Å². The van der Waals surface area contributed by atoms with E-state index in [9.17, 15) is 10.2 Å². The third-order valence-electron chi connectivity index (χ3n) is 4.24. The van der Waals surface area contributed by atoms with Gasteiger partial charge in [0, 0.05) is 6.07 Å². The average Bonchev–Trinajstić information content (AvgIpc) is 2.52. The number of hydrogen-bond donors (Lipinski definition) is 2. The fraction of sp³-hybridized carbons (Fsp3) is 0.429. The van der Waals surface area contributed by atoms with Gasteiger partial charge in [-0.2, -0.15) is 0 Å². The van der Waals surface area contributed by atoms with Gasteiger partial charge in [-0.3, -0.25) is 0 Å². The topological polar surface area (TPSA) is 40.5 Å². The van der Waals surface area contributed by atoms with E-state index in [1.54, 1.807) is 12.1 Å². The smallest absolute Gasteiger partial charge is 0.119 e. The maximum absolute atomic E-state index is 9.49. The van der Waals surface area contributed by atoms with Crippen LogP contribution < -0.4 is 0 Å². The molecule has 2 nitrogen and oxygen atoms in total. The second-order valence-corrected chi connectivity index (χ2v) is 6.34. The van der Waals surface area contributed by atoms with Gasteiger partial charge in [-0.05, 0) is 60.9 Å². The SMILES string of the molecule is CCCCCCc1ccc(CCCc2cc(O)cc(O)c2)cc1. The number of phenols is 2. The van der Waals surface area contributed by atoms with Crippen LogP contribution in [0.4, 0.5) is 0 Å². The Kier molecular flexibility index (Phi) is 6.99. The average molecular weight is 312 g/mol. The van der Waals surface area contributed by atoms with Gasteiger partial charge in [0.15, 0.2) is 0 Å². The molecule has 0 spiro atoms. The summed E-state index contributed by atoms with van der Waals surface area (Å²) in [6.07, 6.45) is 9.32. The number of aromatic hydroxyl groups is 2. The van der Waals surface area contributed by atoms with Gasteiger partial charge in [-0.1, -0.05) is 50.5 Å². The van der Waals surface area contributed by atoms with Crippen molar-refractivity contribution in [2.75, 3.05) is 0 Å². The molecular weight excluding hydrogens is 284 g/mol. The Morgan fingerprint density at radius 1 is 0.609 bits per heavy atom. The Morgan fingerprint density at radius 3 is 1.70 bits per heavy atom. The van der Waals surface area contributed by atoms with Gasteiger partial charge < -0.3 is 10.2 Å². The molecule has 0 amide bonds. The Balaban J connectivity index is 1.75. The highest BCUT2D eigenvalue weighted by Crippen LogP contribution is 2.21. The van der Waals surface area contributed by atoms with Crippen molar-refractivity contribution >= 4 is 0 Å². The lowest BCUT2D eigenvalue weighted by Crippen LogP contribution is -1.92. The maximum Gasteiger partial charge on any atom is 0.119 e.